The van der Waals surface area contributed by atoms with Gasteiger partial charge in [-0.2, -0.15) is 0 Å². The quantitative estimate of drug-likeness (QED) is 0.151. The molecule has 9 N–H and O–H groups in total. The summed E-state index contributed by atoms with van der Waals surface area (Å²) in [6.07, 6.45) is 2.70. The fraction of sp³-hybridized carbons (Fsp3) is 0.440. The SMILES string of the molecule is CC(C)CC(NC(=O)C(N)CC(N)=O)C(=O)NC(Cc1ccccc1)C(=O)NC(Cc1cnc[nH]1)C(=O)O. The Hall–Kier alpha value is -4.26. The van der Waals surface area contributed by atoms with Crippen molar-refractivity contribution in [3.05, 3.63) is 54.1 Å². The Morgan fingerprint density at radius 3 is 2.08 bits per heavy atom. The van der Waals surface area contributed by atoms with Gasteiger partial charge in [0.25, 0.3) is 0 Å². The second-order valence-electron chi connectivity index (χ2n) is 9.40. The molecule has 1 heterocycles. The lowest BCUT2D eigenvalue weighted by Gasteiger charge is -2.26. The first kappa shape index (κ1) is 30.0. The summed E-state index contributed by atoms with van der Waals surface area (Å²) in [5, 5.41) is 17.3. The molecule has 4 atom stereocenters. The van der Waals surface area contributed by atoms with Crippen molar-refractivity contribution in [1.82, 2.24) is 25.9 Å². The predicted molar refractivity (Wildman–Crippen MR) is 137 cm³/mol. The van der Waals surface area contributed by atoms with E-state index in [-0.39, 0.29) is 25.2 Å². The third kappa shape index (κ3) is 10.0. The van der Waals surface area contributed by atoms with E-state index in [1.165, 1.54) is 12.5 Å². The molecule has 0 radical (unpaired) electrons. The third-order valence-corrected chi connectivity index (χ3v) is 5.61. The molecule has 0 saturated carbocycles. The second-order valence-corrected chi connectivity index (χ2v) is 9.40. The number of nitrogens with zero attached hydrogens (tertiary/aromatic N) is 1. The molecule has 4 unspecified atom stereocenters. The minimum atomic E-state index is -1.28. The molecule has 0 spiro atoms. The van der Waals surface area contributed by atoms with E-state index in [2.05, 4.69) is 25.9 Å². The molecular weight excluding hydrogens is 494 g/mol. The van der Waals surface area contributed by atoms with Gasteiger partial charge in [0.2, 0.25) is 23.6 Å². The Balaban J connectivity index is 2.23. The molecule has 206 valence electrons. The van der Waals surface area contributed by atoms with E-state index in [0.717, 1.165) is 5.56 Å². The number of carbonyl (C=O) groups excluding carboxylic acids is 4. The van der Waals surface area contributed by atoms with E-state index in [9.17, 15) is 29.1 Å². The molecule has 38 heavy (non-hydrogen) atoms. The summed E-state index contributed by atoms with van der Waals surface area (Å²) in [5.41, 5.74) is 12.1. The lowest BCUT2D eigenvalue weighted by atomic mass is 10.00. The molecule has 0 aliphatic rings. The highest BCUT2D eigenvalue weighted by molar-refractivity contribution is 5.95. The summed E-state index contributed by atoms with van der Waals surface area (Å²) in [6, 6.07) is 4.13. The van der Waals surface area contributed by atoms with Gasteiger partial charge in [0.05, 0.1) is 18.8 Å². The number of rotatable bonds is 15. The largest absolute Gasteiger partial charge is 0.480 e. The fourth-order valence-corrected chi connectivity index (χ4v) is 3.71. The van der Waals surface area contributed by atoms with E-state index >= 15 is 0 Å². The van der Waals surface area contributed by atoms with Gasteiger partial charge in [-0.05, 0) is 17.9 Å². The molecule has 0 bridgehead atoms. The fourth-order valence-electron chi connectivity index (χ4n) is 3.71. The first-order valence-electron chi connectivity index (χ1n) is 12.1. The monoisotopic (exact) mass is 529 g/mol. The van der Waals surface area contributed by atoms with E-state index in [0.29, 0.717) is 5.69 Å². The third-order valence-electron chi connectivity index (χ3n) is 5.61. The average Bonchev–Trinajstić information content (AvgIpc) is 3.35. The van der Waals surface area contributed by atoms with Crippen molar-refractivity contribution in [3.63, 3.8) is 0 Å². The van der Waals surface area contributed by atoms with Crippen LogP contribution in [0.5, 0.6) is 0 Å². The smallest absolute Gasteiger partial charge is 0.326 e. The number of imidazole rings is 1. The second kappa shape index (κ2) is 14.5. The van der Waals surface area contributed by atoms with Gasteiger partial charge in [0.15, 0.2) is 0 Å². The van der Waals surface area contributed by atoms with E-state index in [1.807, 2.05) is 13.8 Å². The van der Waals surface area contributed by atoms with E-state index in [4.69, 9.17) is 11.5 Å². The molecule has 2 aromatic rings. The molecule has 1 aromatic heterocycles. The molecule has 1 aromatic carbocycles. The van der Waals surface area contributed by atoms with Crippen LogP contribution in [-0.4, -0.2) is 68.8 Å². The van der Waals surface area contributed by atoms with Gasteiger partial charge in [-0.25, -0.2) is 9.78 Å². The molecule has 13 nitrogen and oxygen atoms in total. The highest BCUT2D eigenvalue weighted by Gasteiger charge is 2.31. The van der Waals surface area contributed by atoms with Gasteiger partial charge < -0.3 is 37.5 Å². The van der Waals surface area contributed by atoms with Crippen LogP contribution in [0, 0.1) is 5.92 Å². The van der Waals surface area contributed by atoms with Crippen LogP contribution in [0.4, 0.5) is 0 Å². The molecule has 0 aliphatic heterocycles. The molecule has 0 aliphatic carbocycles. The molecule has 13 heteroatoms. The normalized spacial score (nSPS) is 14.1. The van der Waals surface area contributed by atoms with E-state index in [1.54, 1.807) is 30.3 Å². The Bertz CT molecular complexity index is 1090. The molecule has 0 fully saturated rings. The number of carboxylic acids is 1. The lowest BCUT2D eigenvalue weighted by Crippen LogP contribution is -2.58. The number of carboxylic acid groups (broad SMARTS) is 1. The van der Waals surface area contributed by atoms with Crippen molar-refractivity contribution in [1.29, 1.82) is 0 Å². The standard InChI is InChI=1S/C25H35N7O6/c1-14(2)8-18(30-22(34)17(26)11-21(27)33)23(35)31-19(9-15-6-4-3-5-7-15)24(36)32-20(25(37)38)10-16-12-28-13-29-16/h3-7,12-14,17-20H,8-11,26H2,1-2H3,(H2,27,33)(H,28,29)(H,30,34)(H,31,35)(H,32,36)(H,37,38). The molecular formula is C25H35N7O6. The Morgan fingerprint density at radius 1 is 0.921 bits per heavy atom. The maximum absolute atomic E-state index is 13.3. The molecule has 0 saturated heterocycles. The van der Waals surface area contributed by atoms with Gasteiger partial charge in [-0.3, -0.25) is 19.2 Å². The predicted octanol–water partition coefficient (Wildman–Crippen LogP) is -1.02. The van der Waals surface area contributed by atoms with Crippen LogP contribution in [0.3, 0.4) is 0 Å². The van der Waals surface area contributed by atoms with Crippen LogP contribution >= 0.6 is 0 Å². The number of amides is 4. The summed E-state index contributed by atoms with van der Waals surface area (Å²) < 4.78 is 0. The number of aliphatic carboxylic acids is 1. The maximum Gasteiger partial charge on any atom is 0.326 e. The minimum Gasteiger partial charge on any atom is -0.480 e. The highest BCUT2D eigenvalue weighted by atomic mass is 16.4. The van der Waals surface area contributed by atoms with Gasteiger partial charge in [-0.15, -0.1) is 0 Å². The number of hydrogen-bond donors (Lipinski definition) is 7. The zero-order valence-corrected chi connectivity index (χ0v) is 21.3. The van der Waals surface area contributed by atoms with Gasteiger partial charge in [0, 0.05) is 24.7 Å². The number of hydrogen-bond acceptors (Lipinski definition) is 7. The van der Waals surface area contributed by atoms with Crippen molar-refractivity contribution in [3.8, 4) is 0 Å². The van der Waals surface area contributed by atoms with Gasteiger partial charge >= 0.3 is 5.97 Å². The van der Waals surface area contributed by atoms with Crippen molar-refractivity contribution in [2.75, 3.05) is 0 Å². The number of H-pyrrole nitrogens is 1. The van der Waals surface area contributed by atoms with Crippen molar-refractivity contribution in [2.45, 2.75) is 63.7 Å². The molecule has 4 amide bonds. The number of nitrogens with two attached hydrogens (primary N) is 2. The Kier molecular flexibility index (Phi) is 11.4. The first-order valence-corrected chi connectivity index (χ1v) is 12.1. The zero-order valence-electron chi connectivity index (χ0n) is 21.3. The lowest BCUT2D eigenvalue weighted by molar-refractivity contribution is -0.142. The van der Waals surface area contributed by atoms with Crippen LogP contribution in [0.25, 0.3) is 0 Å². The van der Waals surface area contributed by atoms with Crippen LogP contribution in [0.2, 0.25) is 0 Å². The van der Waals surface area contributed by atoms with Crippen LogP contribution in [0.1, 0.15) is 37.9 Å². The summed E-state index contributed by atoms with van der Waals surface area (Å²) >= 11 is 0. The van der Waals surface area contributed by atoms with Crippen LogP contribution in [0.15, 0.2) is 42.9 Å². The van der Waals surface area contributed by atoms with Crippen LogP contribution in [-0.2, 0) is 36.8 Å². The van der Waals surface area contributed by atoms with Crippen molar-refractivity contribution in [2.24, 2.45) is 17.4 Å². The minimum absolute atomic E-state index is 0.0226. The zero-order chi connectivity index (χ0) is 28.2. The van der Waals surface area contributed by atoms with Crippen molar-refractivity contribution < 1.29 is 29.1 Å². The topological polar surface area (TPSA) is 222 Å². The Morgan fingerprint density at radius 2 is 1.53 bits per heavy atom. The van der Waals surface area contributed by atoms with Gasteiger partial charge in [-0.1, -0.05) is 44.2 Å². The maximum atomic E-state index is 13.3. The molecule has 2 rings (SSSR count). The number of benzene rings is 1. The van der Waals surface area contributed by atoms with Gasteiger partial charge in [0.1, 0.15) is 18.1 Å². The van der Waals surface area contributed by atoms with Crippen molar-refractivity contribution >= 4 is 29.6 Å². The number of aromatic nitrogens is 2. The average molecular weight is 530 g/mol. The van der Waals surface area contributed by atoms with Crippen LogP contribution < -0.4 is 27.4 Å². The highest BCUT2D eigenvalue weighted by Crippen LogP contribution is 2.09. The number of primary amides is 1. The number of aromatic amines is 1. The summed E-state index contributed by atoms with van der Waals surface area (Å²) in [6.45, 7) is 3.69. The number of nitrogens with one attached hydrogen (secondary N) is 4. The summed E-state index contributed by atoms with van der Waals surface area (Å²) in [4.78, 5) is 68.6. The number of carbonyl (C=O) groups is 5. The summed E-state index contributed by atoms with van der Waals surface area (Å²) in [5.74, 6) is -4.15. The first-order chi connectivity index (χ1) is 18.0. The summed E-state index contributed by atoms with van der Waals surface area (Å²) in [7, 11) is 0. The van der Waals surface area contributed by atoms with E-state index < -0.39 is 60.2 Å². The Labute approximate surface area is 220 Å².